The van der Waals surface area contributed by atoms with Gasteiger partial charge in [0, 0.05) is 32.3 Å². The molecule has 1 rings (SSSR count). The van der Waals surface area contributed by atoms with E-state index in [0.29, 0.717) is 19.4 Å². The lowest BCUT2D eigenvalue weighted by Gasteiger charge is -2.28. The smallest absolute Gasteiger partial charge is 0.221 e. The second-order valence-electron chi connectivity index (χ2n) is 4.69. The monoisotopic (exact) mass is 262 g/mol. The van der Waals surface area contributed by atoms with Gasteiger partial charge in [0.15, 0.2) is 0 Å². The van der Waals surface area contributed by atoms with Crippen molar-refractivity contribution >= 4 is 15.7 Å². The molecule has 100 valence electrons. The molecule has 2 atom stereocenters. The lowest BCUT2D eigenvalue weighted by molar-refractivity contribution is -0.120. The normalized spacial score (nSPS) is 25.5. The van der Waals surface area contributed by atoms with Crippen molar-refractivity contribution in [3.05, 3.63) is 0 Å². The minimum atomic E-state index is -2.92. The summed E-state index contributed by atoms with van der Waals surface area (Å²) in [6.45, 7) is 0.612. The summed E-state index contributed by atoms with van der Waals surface area (Å²) < 4.78 is 22.9. The molecule has 0 aromatic rings. The predicted octanol–water partition coefficient (Wildman–Crippen LogP) is 0.0679. The van der Waals surface area contributed by atoms with Crippen molar-refractivity contribution in [2.24, 2.45) is 0 Å². The van der Waals surface area contributed by atoms with E-state index in [4.69, 9.17) is 0 Å². The molecule has 0 heterocycles. The Balaban J connectivity index is 2.33. The Morgan fingerprint density at radius 1 is 1.35 bits per heavy atom. The van der Waals surface area contributed by atoms with Gasteiger partial charge in [-0.05, 0) is 19.3 Å². The fourth-order valence-electron chi connectivity index (χ4n) is 2.23. The highest BCUT2D eigenvalue weighted by Crippen LogP contribution is 2.23. The highest BCUT2D eigenvalue weighted by Gasteiger charge is 2.28. The van der Waals surface area contributed by atoms with Crippen LogP contribution < -0.4 is 10.6 Å². The third-order valence-corrected chi connectivity index (χ3v) is 4.93. The number of hydrogen-bond donors (Lipinski definition) is 2. The van der Waals surface area contributed by atoms with E-state index < -0.39 is 9.84 Å². The molecule has 1 amide bonds. The number of hydrogen-bond acceptors (Lipinski definition) is 4. The summed E-state index contributed by atoms with van der Waals surface area (Å²) in [6.07, 6.45) is 5.13. The van der Waals surface area contributed by atoms with Gasteiger partial charge in [-0.15, -0.1) is 0 Å². The van der Waals surface area contributed by atoms with Crippen LogP contribution in [0.25, 0.3) is 0 Å². The molecule has 0 aliphatic heterocycles. The van der Waals surface area contributed by atoms with Crippen molar-refractivity contribution in [2.45, 2.75) is 43.4 Å². The van der Waals surface area contributed by atoms with E-state index in [1.165, 1.54) is 6.26 Å². The third kappa shape index (κ3) is 5.04. The molecule has 2 N–H and O–H groups in total. The zero-order chi connectivity index (χ0) is 12.9. The summed E-state index contributed by atoms with van der Waals surface area (Å²) in [6, 6.07) is 0.230. The lowest BCUT2D eigenvalue weighted by atomic mass is 9.95. The van der Waals surface area contributed by atoms with Crippen LogP contribution in [0.5, 0.6) is 0 Å². The Labute approximate surface area is 103 Å². The molecule has 1 aliphatic rings. The zero-order valence-corrected chi connectivity index (χ0v) is 11.3. The standard InChI is InChI=1S/C11H22N2O3S/c1-12-11(14)6-7-13-9-4-3-5-10(8-9)17(2,15)16/h9-10,13H,3-8H2,1-2H3,(H,12,14). The van der Waals surface area contributed by atoms with Gasteiger partial charge < -0.3 is 10.6 Å². The highest BCUT2D eigenvalue weighted by molar-refractivity contribution is 7.91. The Hall–Kier alpha value is -0.620. The van der Waals surface area contributed by atoms with Crippen LogP contribution in [0.2, 0.25) is 0 Å². The highest BCUT2D eigenvalue weighted by atomic mass is 32.2. The van der Waals surface area contributed by atoms with E-state index in [1.54, 1.807) is 7.05 Å². The minimum Gasteiger partial charge on any atom is -0.359 e. The molecule has 0 spiro atoms. The van der Waals surface area contributed by atoms with Gasteiger partial charge in [-0.2, -0.15) is 0 Å². The summed E-state index contributed by atoms with van der Waals surface area (Å²) in [7, 11) is -1.31. The van der Waals surface area contributed by atoms with Gasteiger partial charge in [0.1, 0.15) is 9.84 Å². The van der Waals surface area contributed by atoms with E-state index in [0.717, 1.165) is 19.3 Å². The number of sulfone groups is 1. The largest absolute Gasteiger partial charge is 0.359 e. The molecule has 2 unspecified atom stereocenters. The van der Waals surface area contributed by atoms with E-state index in [9.17, 15) is 13.2 Å². The number of carbonyl (C=O) groups is 1. The number of rotatable bonds is 5. The van der Waals surface area contributed by atoms with Crippen LogP contribution in [-0.2, 0) is 14.6 Å². The summed E-state index contributed by atoms with van der Waals surface area (Å²) >= 11 is 0. The second kappa shape index (κ2) is 6.35. The van der Waals surface area contributed by atoms with Gasteiger partial charge in [-0.25, -0.2) is 8.42 Å². The van der Waals surface area contributed by atoms with Crippen LogP contribution >= 0.6 is 0 Å². The summed E-state index contributed by atoms with van der Waals surface area (Å²) in [5.41, 5.74) is 0. The number of nitrogens with one attached hydrogen (secondary N) is 2. The van der Waals surface area contributed by atoms with Crippen LogP contribution in [0.3, 0.4) is 0 Å². The molecule has 0 aromatic heterocycles. The SMILES string of the molecule is CNC(=O)CCNC1CCCC(S(C)(=O)=O)C1. The second-order valence-corrected chi connectivity index (χ2v) is 7.02. The Kier molecular flexibility index (Phi) is 5.39. The quantitative estimate of drug-likeness (QED) is 0.735. The van der Waals surface area contributed by atoms with Gasteiger partial charge in [0.25, 0.3) is 0 Å². The third-order valence-electron chi connectivity index (χ3n) is 3.30. The molecular formula is C11H22N2O3S. The van der Waals surface area contributed by atoms with Crippen LogP contribution in [0.15, 0.2) is 0 Å². The van der Waals surface area contributed by atoms with Crippen molar-refractivity contribution in [1.29, 1.82) is 0 Å². The van der Waals surface area contributed by atoms with E-state index >= 15 is 0 Å². The minimum absolute atomic E-state index is 0.00738. The first-order valence-electron chi connectivity index (χ1n) is 6.06. The van der Waals surface area contributed by atoms with Gasteiger partial charge in [-0.3, -0.25) is 4.79 Å². The summed E-state index contributed by atoms with van der Waals surface area (Å²) in [5, 5.41) is 5.61. The maximum atomic E-state index is 11.5. The maximum Gasteiger partial charge on any atom is 0.221 e. The summed E-state index contributed by atoms with van der Waals surface area (Å²) in [4.78, 5) is 11.0. The first kappa shape index (κ1) is 14.4. The molecule has 6 heteroatoms. The number of carbonyl (C=O) groups excluding carboxylic acids is 1. The fourth-order valence-corrected chi connectivity index (χ4v) is 3.41. The van der Waals surface area contributed by atoms with Crippen LogP contribution in [0, 0.1) is 0 Å². The Morgan fingerprint density at radius 2 is 2.06 bits per heavy atom. The number of amides is 1. The predicted molar refractivity (Wildman–Crippen MR) is 67.6 cm³/mol. The molecule has 1 aliphatic carbocycles. The Morgan fingerprint density at radius 3 is 2.65 bits per heavy atom. The molecular weight excluding hydrogens is 240 g/mol. The Bertz CT molecular complexity index is 354. The molecule has 0 bridgehead atoms. The van der Waals surface area contributed by atoms with Crippen molar-refractivity contribution in [2.75, 3.05) is 19.8 Å². The lowest BCUT2D eigenvalue weighted by Crippen LogP contribution is -2.40. The first-order valence-corrected chi connectivity index (χ1v) is 8.01. The van der Waals surface area contributed by atoms with Crippen molar-refractivity contribution in [3.8, 4) is 0 Å². The van der Waals surface area contributed by atoms with E-state index in [1.807, 2.05) is 0 Å². The topological polar surface area (TPSA) is 75.3 Å². The summed E-state index contributed by atoms with van der Waals surface area (Å²) in [5.74, 6) is 0.00738. The molecule has 5 nitrogen and oxygen atoms in total. The van der Waals surface area contributed by atoms with Crippen molar-refractivity contribution < 1.29 is 13.2 Å². The average molecular weight is 262 g/mol. The first-order chi connectivity index (χ1) is 7.93. The van der Waals surface area contributed by atoms with Gasteiger partial charge >= 0.3 is 0 Å². The molecule has 0 saturated heterocycles. The molecule has 1 fully saturated rings. The van der Waals surface area contributed by atoms with Gasteiger partial charge in [0.05, 0.1) is 5.25 Å². The van der Waals surface area contributed by atoms with Gasteiger partial charge in [-0.1, -0.05) is 6.42 Å². The van der Waals surface area contributed by atoms with Crippen LogP contribution in [0.4, 0.5) is 0 Å². The molecule has 0 radical (unpaired) electrons. The maximum absolute atomic E-state index is 11.5. The van der Waals surface area contributed by atoms with E-state index in [-0.39, 0.29) is 17.2 Å². The fraction of sp³-hybridized carbons (Fsp3) is 0.909. The van der Waals surface area contributed by atoms with Crippen molar-refractivity contribution in [1.82, 2.24) is 10.6 Å². The van der Waals surface area contributed by atoms with Gasteiger partial charge in [0.2, 0.25) is 5.91 Å². The van der Waals surface area contributed by atoms with E-state index in [2.05, 4.69) is 10.6 Å². The average Bonchev–Trinajstić information content (AvgIpc) is 2.28. The van der Waals surface area contributed by atoms with Crippen LogP contribution in [-0.4, -0.2) is 45.5 Å². The molecule has 0 aromatic carbocycles. The molecule has 17 heavy (non-hydrogen) atoms. The molecule has 1 saturated carbocycles. The zero-order valence-electron chi connectivity index (χ0n) is 10.5. The van der Waals surface area contributed by atoms with Crippen molar-refractivity contribution in [3.63, 3.8) is 0 Å². The van der Waals surface area contributed by atoms with Crippen LogP contribution in [0.1, 0.15) is 32.1 Å².